The topological polar surface area (TPSA) is 163 Å². The number of benzene rings is 2. The Bertz CT molecular complexity index is 1710. The number of fused-ring (bicyclic) bond motifs is 3. The summed E-state index contributed by atoms with van der Waals surface area (Å²) in [5.74, 6) is -2.75. The molecule has 52 heavy (non-hydrogen) atoms. The average molecular weight is 714 g/mol. The van der Waals surface area contributed by atoms with Crippen LogP contribution in [0.5, 0.6) is 0 Å². The molecule has 0 radical (unpaired) electrons. The molecule has 2 aromatic carbocycles. The molecule has 3 N–H and O–H groups in total. The van der Waals surface area contributed by atoms with Gasteiger partial charge in [0.05, 0.1) is 6.54 Å². The minimum atomic E-state index is -1.42. The van der Waals surface area contributed by atoms with Gasteiger partial charge in [-0.15, -0.1) is 0 Å². The second-order valence-electron chi connectivity index (χ2n) is 15.1. The van der Waals surface area contributed by atoms with E-state index in [1.54, 1.807) is 56.0 Å². The van der Waals surface area contributed by atoms with Crippen LogP contribution < -0.4 is 16.0 Å². The molecule has 0 bridgehead atoms. The highest BCUT2D eigenvalue weighted by Crippen LogP contribution is 2.45. The summed E-state index contributed by atoms with van der Waals surface area (Å²) in [5.41, 5.74) is 0.113. The third-order valence-electron chi connectivity index (χ3n) is 9.97. The molecule has 6 amide bonds. The van der Waals surface area contributed by atoms with Crippen LogP contribution in [-0.4, -0.2) is 81.5 Å². The molecule has 1 aliphatic carbocycles. The van der Waals surface area contributed by atoms with Crippen LogP contribution in [-0.2, 0) is 36.9 Å². The second-order valence-corrected chi connectivity index (χ2v) is 15.1. The van der Waals surface area contributed by atoms with Gasteiger partial charge in [-0.1, -0.05) is 67.5 Å². The first-order chi connectivity index (χ1) is 24.8. The summed E-state index contributed by atoms with van der Waals surface area (Å²) in [5, 5.41) is 8.08. The monoisotopic (exact) mass is 713 g/mol. The Labute approximate surface area is 303 Å². The molecule has 0 aromatic heterocycles. The number of hydrogen-bond acceptors (Lipinski definition) is 8. The zero-order valence-corrected chi connectivity index (χ0v) is 29.9. The van der Waals surface area contributed by atoms with Gasteiger partial charge in [0.2, 0.25) is 11.8 Å². The van der Waals surface area contributed by atoms with E-state index in [-0.39, 0.29) is 25.3 Å². The molecule has 13 heteroatoms. The van der Waals surface area contributed by atoms with Gasteiger partial charge in [-0.25, -0.2) is 9.59 Å². The number of nitrogens with one attached hydrogen (secondary N) is 3. The van der Waals surface area contributed by atoms with Gasteiger partial charge in [0, 0.05) is 31.0 Å². The highest BCUT2D eigenvalue weighted by molar-refractivity contribution is 6.10. The van der Waals surface area contributed by atoms with Crippen LogP contribution in [0.1, 0.15) is 87.2 Å². The quantitative estimate of drug-likeness (QED) is 0.311. The van der Waals surface area contributed by atoms with Gasteiger partial charge >= 0.3 is 12.2 Å². The normalized spacial score (nSPS) is 26.7. The van der Waals surface area contributed by atoms with E-state index in [2.05, 4.69) is 16.0 Å². The number of allylic oxidation sites excluding steroid dienone is 1. The van der Waals surface area contributed by atoms with Crippen molar-refractivity contribution < 1.29 is 38.2 Å². The molecule has 13 nitrogen and oxygen atoms in total. The second kappa shape index (κ2) is 15.2. The van der Waals surface area contributed by atoms with E-state index in [1.807, 2.05) is 36.4 Å². The van der Waals surface area contributed by atoms with Crippen molar-refractivity contribution in [1.82, 2.24) is 25.8 Å². The molecule has 5 atom stereocenters. The molecular weight excluding hydrogens is 666 g/mol. The summed E-state index contributed by atoms with van der Waals surface area (Å²) in [6, 6.07) is 13.9. The molecule has 4 aliphatic rings. The van der Waals surface area contributed by atoms with Crippen molar-refractivity contribution in [2.75, 3.05) is 6.54 Å². The van der Waals surface area contributed by atoms with Crippen LogP contribution >= 0.6 is 0 Å². The van der Waals surface area contributed by atoms with Crippen molar-refractivity contribution in [2.24, 2.45) is 5.92 Å². The van der Waals surface area contributed by atoms with Crippen LogP contribution in [0.4, 0.5) is 9.59 Å². The Balaban J connectivity index is 1.25. The van der Waals surface area contributed by atoms with E-state index >= 15 is 0 Å². The van der Waals surface area contributed by atoms with Crippen LogP contribution in [0.15, 0.2) is 66.7 Å². The van der Waals surface area contributed by atoms with E-state index < -0.39 is 65.1 Å². The van der Waals surface area contributed by atoms with Crippen LogP contribution in [0.25, 0.3) is 0 Å². The molecule has 2 aromatic rings. The zero-order chi connectivity index (χ0) is 37.0. The minimum Gasteiger partial charge on any atom is -0.444 e. The lowest BCUT2D eigenvalue weighted by atomic mass is 10.0. The highest BCUT2D eigenvalue weighted by Gasteiger charge is 2.61. The van der Waals surface area contributed by atoms with Crippen molar-refractivity contribution in [3.8, 4) is 0 Å². The lowest BCUT2D eigenvalue weighted by Crippen LogP contribution is -2.58. The van der Waals surface area contributed by atoms with Gasteiger partial charge in [0.1, 0.15) is 29.3 Å². The van der Waals surface area contributed by atoms with E-state index in [1.165, 1.54) is 4.90 Å². The predicted octanol–water partition coefficient (Wildman–Crippen LogP) is 4.35. The maximum Gasteiger partial charge on any atom is 0.410 e. The average Bonchev–Trinajstić information content (AvgIpc) is 3.40. The number of hydrogen-bond donors (Lipinski definition) is 3. The Morgan fingerprint density at radius 3 is 2.31 bits per heavy atom. The van der Waals surface area contributed by atoms with Gasteiger partial charge in [0.25, 0.3) is 11.8 Å². The molecule has 1 saturated carbocycles. The molecule has 1 saturated heterocycles. The van der Waals surface area contributed by atoms with Crippen molar-refractivity contribution in [1.29, 1.82) is 0 Å². The molecule has 2 fully saturated rings. The third-order valence-corrected chi connectivity index (χ3v) is 9.97. The highest BCUT2D eigenvalue weighted by atomic mass is 16.6. The summed E-state index contributed by atoms with van der Waals surface area (Å²) in [4.78, 5) is 84.6. The lowest BCUT2D eigenvalue weighted by Gasteiger charge is -2.30. The van der Waals surface area contributed by atoms with Crippen LogP contribution in [0.3, 0.4) is 0 Å². The largest absolute Gasteiger partial charge is 0.444 e. The number of carbonyl (C=O) groups is 6. The first-order valence-corrected chi connectivity index (χ1v) is 18.0. The number of carbonyl (C=O) groups excluding carboxylic acids is 6. The summed E-state index contributed by atoms with van der Waals surface area (Å²) in [6.07, 6.45) is 5.16. The van der Waals surface area contributed by atoms with E-state index in [9.17, 15) is 28.8 Å². The molecule has 276 valence electrons. The minimum absolute atomic E-state index is 0.0234. The fraction of sp³-hybridized carbons (Fsp3) is 0.487. The van der Waals surface area contributed by atoms with E-state index in [0.29, 0.717) is 37.9 Å². The van der Waals surface area contributed by atoms with Gasteiger partial charge in [0.15, 0.2) is 0 Å². The summed E-state index contributed by atoms with van der Waals surface area (Å²) in [7, 11) is 0. The molecular formula is C39H47N5O8. The van der Waals surface area contributed by atoms with Gasteiger partial charge < -0.3 is 25.0 Å². The number of nitrogens with zero attached hydrogens (tertiary/aromatic N) is 2. The molecule has 0 spiro atoms. The number of ether oxygens (including phenoxy) is 2. The van der Waals surface area contributed by atoms with Gasteiger partial charge in [-0.3, -0.25) is 29.4 Å². The Morgan fingerprint density at radius 1 is 0.923 bits per heavy atom. The fourth-order valence-corrected chi connectivity index (χ4v) is 7.17. The van der Waals surface area contributed by atoms with Crippen LogP contribution in [0.2, 0.25) is 0 Å². The van der Waals surface area contributed by atoms with Crippen molar-refractivity contribution in [3.63, 3.8) is 0 Å². The first kappa shape index (κ1) is 36.6. The van der Waals surface area contributed by atoms with Crippen molar-refractivity contribution in [3.05, 3.63) is 83.4 Å². The molecule has 3 heterocycles. The molecule has 6 rings (SSSR count). The van der Waals surface area contributed by atoms with E-state index in [4.69, 9.17) is 9.47 Å². The Morgan fingerprint density at radius 2 is 1.62 bits per heavy atom. The maximum atomic E-state index is 14.3. The smallest absolute Gasteiger partial charge is 0.410 e. The van der Waals surface area contributed by atoms with Gasteiger partial charge in [-0.2, -0.15) is 0 Å². The van der Waals surface area contributed by atoms with Crippen molar-refractivity contribution in [2.45, 2.75) is 108 Å². The maximum absolute atomic E-state index is 14.3. The van der Waals surface area contributed by atoms with Crippen molar-refractivity contribution >= 4 is 35.8 Å². The standard InChI is InChI=1S/C39H47N5O8/c1-38(2,3)52-36(49)40-30-19-11-6-4-5-10-18-28-21-39(28,35(48)41-32(45)25-14-8-7-9-15-25)42-33(46)31-20-29(24-44(31)34(30)47)51-37(50)43-22-26-16-12-13-17-27(26)23-43/h7-10,12-18,28-31H,4-6,11,19-24H2,1-3H3,(H,40,49)(H,42,46)(H,41,45,48)/b18-10-/t28-,29+,30-,31-,39+/m0/s1. The number of rotatable bonds is 4. The summed E-state index contributed by atoms with van der Waals surface area (Å²) >= 11 is 0. The molecule has 0 unspecified atom stereocenters. The molecule has 3 aliphatic heterocycles. The number of alkyl carbamates (subject to hydrolysis) is 1. The zero-order valence-electron chi connectivity index (χ0n) is 29.9. The Hall–Kier alpha value is -5.20. The Kier molecular flexibility index (Phi) is 10.7. The first-order valence-electron chi connectivity index (χ1n) is 18.0. The summed E-state index contributed by atoms with van der Waals surface area (Å²) < 4.78 is 11.4. The summed E-state index contributed by atoms with van der Waals surface area (Å²) in [6.45, 7) is 5.84. The number of imide groups is 1. The van der Waals surface area contributed by atoms with E-state index in [0.717, 1.165) is 24.0 Å². The van der Waals surface area contributed by atoms with Crippen LogP contribution in [0, 0.1) is 5.92 Å². The lowest BCUT2D eigenvalue weighted by molar-refractivity contribution is -0.141. The third kappa shape index (κ3) is 8.46. The van der Waals surface area contributed by atoms with Gasteiger partial charge in [-0.05, 0) is 69.7 Å². The fourth-order valence-electron chi connectivity index (χ4n) is 7.17. The predicted molar refractivity (Wildman–Crippen MR) is 189 cm³/mol. The SMILES string of the molecule is CC(C)(C)OC(=O)N[C@H]1CCCCC/C=C\[C@H]2C[C@@]2(C(=O)NC(=O)c2ccccc2)NC(=O)[C@@H]2C[C@@H](OC(=O)N3Cc4ccccc4C3)CN2C1=O. The number of amides is 6.